The molecule has 1 saturated heterocycles. The molecule has 1 aromatic carbocycles. The minimum absolute atomic E-state index is 0.0170. The number of sulfone groups is 1. The van der Waals surface area contributed by atoms with Crippen LogP contribution < -0.4 is 0 Å². The second-order valence-electron chi connectivity index (χ2n) is 5.56. The lowest BCUT2D eigenvalue weighted by atomic mass is 10.0. The van der Waals surface area contributed by atoms with E-state index in [9.17, 15) is 22.0 Å². The number of hydrogen-bond donors (Lipinski definition) is 0. The highest BCUT2D eigenvalue weighted by Gasteiger charge is 2.27. The minimum Gasteiger partial charge on any atom is -0.340 e. The van der Waals surface area contributed by atoms with Crippen molar-refractivity contribution in [2.24, 2.45) is 0 Å². The number of amides is 1. The molecule has 2 rings (SSSR count). The van der Waals surface area contributed by atoms with Crippen LogP contribution in [0.4, 0.5) is 8.78 Å². The third-order valence-electron chi connectivity index (χ3n) is 3.97. The summed E-state index contributed by atoms with van der Waals surface area (Å²) in [6.45, 7) is 2.74. The van der Waals surface area contributed by atoms with E-state index in [1.807, 2.05) is 11.8 Å². The Bertz CT molecular complexity index is 629. The predicted octanol–water partition coefficient (Wildman–Crippen LogP) is 2.63. The lowest BCUT2D eigenvalue weighted by molar-refractivity contribution is -0.133. The summed E-state index contributed by atoms with van der Waals surface area (Å²) in [4.78, 5) is 13.7. The Morgan fingerprint density at radius 2 is 1.91 bits per heavy atom. The molecule has 1 heterocycles. The van der Waals surface area contributed by atoms with E-state index in [1.165, 1.54) is 12.1 Å². The van der Waals surface area contributed by atoms with Crippen LogP contribution in [0.15, 0.2) is 29.2 Å². The minimum atomic E-state index is -4.58. The number of rotatable bonds is 4. The van der Waals surface area contributed by atoms with Gasteiger partial charge >= 0.3 is 5.76 Å². The number of nitrogens with zero attached hydrogens (tertiary/aromatic N) is 1. The van der Waals surface area contributed by atoms with Crippen LogP contribution in [0, 0.1) is 0 Å². The van der Waals surface area contributed by atoms with Gasteiger partial charge in [-0.1, -0.05) is 12.1 Å². The fraction of sp³-hybridized carbons (Fsp3) is 0.533. The van der Waals surface area contributed by atoms with E-state index >= 15 is 0 Å². The topological polar surface area (TPSA) is 54.5 Å². The molecule has 0 N–H and O–H groups in total. The molecule has 0 aliphatic carbocycles. The third-order valence-corrected chi connectivity index (χ3v) is 5.36. The van der Waals surface area contributed by atoms with E-state index in [2.05, 4.69) is 0 Å². The van der Waals surface area contributed by atoms with Gasteiger partial charge in [-0.15, -0.1) is 0 Å². The maximum absolute atomic E-state index is 12.4. The van der Waals surface area contributed by atoms with Crippen molar-refractivity contribution in [3.05, 3.63) is 29.8 Å². The standard InChI is InChI=1S/C15H19F2NO3S/c1-11-4-2-3-9-18(11)14(19)10-12-5-7-13(8-6-12)22(20,21)15(16)17/h5-8,11,15H,2-4,9-10H2,1H3/t11-/m1/s1. The molecular formula is C15H19F2NO3S. The predicted molar refractivity (Wildman–Crippen MR) is 78.4 cm³/mol. The van der Waals surface area contributed by atoms with Crippen LogP contribution in [0.5, 0.6) is 0 Å². The molecule has 1 amide bonds. The molecule has 1 aliphatic heterocycles. The van der Waals surface area contributed by atoms with Gasteiger partial charge < -0.3 is 4.90 Å². The largest absolute Gasteiger partial charge is 0.341 e. The van der Waals surface area contributed by atoms with Crippen LogP contribution in [-0.4, -0.2) is 37.6 Å². The second-order valence-corrected chi connectivity index (χ2v) is 7.48. The molecule has 0 unspecified atom stereocenters. The maximum Gasteiger partial charge on any atom is 0.341 e. The molecular weight excluding hydrogens is 312 g/mol. The molecule has 1 aromatic rings. The quantitative estimate of drug-likeness (QED) is 0.852. The number of alkyl halides is 2. The second kappa shape index (κ2) is 6.73. The normalized spacial score (nSPS) is 19.5. The van der Waals surface area contributed by atoms with Crippen molar-refractivity contribution in [1.29, 1.82) is 0 Å². The number of halogens is 2. The van der Waals surface area contributed by atoms with Crippen molar-refractivity contribution in [3.63, 3.8) is 0 Å². The smallest absolute Gasteiger partial charge is 0.340 e. The first-order valence-corrected chi connectivity index (χ1v) is 8.77. The fourth-order valence-electron chi connectivity index (χ4n) is 2.64. The molecule has 122 valence electrons. The van der Waals surface area contributed by atoms with E-state index in [4.69, 9.17) is 0 Å². The van der Waals surface area contributed by atoms with Crippen molar-refractivity contribution < 1.29 is 22.0 Å². The van der Waals surface area contributed by atoms with Gasteiger partial charge in [0.1, 0.15) is 0 Å². The van der Waals surface area contributed by atoms with Crippen molar-refractivity contribution in [1.82, 2.24) is 4.90 Å². The van der Waals surface area contributed by atoms with E-state index in [-0.39, 0.29) is 18.4 Å². The Balaban J connectivity index is 2.07. The number of benzene rings is 1. The monoisotopic (exact) mass is 331 g/mol. The van der Waals surface area contributed by atoms with Gasteiger partial charge in [0.15, 0.2) is 0 Å². The van der Waals surface area contributed by atoms with Gasteiger partial charge in [-0.05, 0) is 43.9 Å². The number of likely N-dealkylation sites (tertiary alicyclic amines) is 1. The van der Waals surface area contributed by atoms with Crippen molar-refractivity contribution >= 4 is 15.7 Å². The molecule has 0 bridgehead atoms. The molecule has 7 heteroatoms. The maximum atomic E-state index is 12.4. The van der Waals surface area contributed by atoms with Crippen molar-refractivity contribution in [2.75, 3.05) is 6.54 Å². The average molecular weight is 331 g/mol. The van der Waals surface area contributed by atoms with Gasteiger partial charge in [-0.2, -0.15) is 8.78 Å². The van der Waals surface area contributed by atoms with Crippen LogP contribution in [0.1, 0.15) is 31.7 Å². The Morgan fingerprint density at radius 3 is 2.45 bits per heavy atom. The molecule has 1 fully saturated rings. The highest BCUT2D eigenvalue weighted by Crippen LogP contribution is 2.20. The zero-order valence-electron chi connectivity index (χ0n) is 12.3. The number of piperidine rings is 1. The molecule has 0 saturated carbocycles. The zero-order valence-corrected chi connectivity index (χ0v) is 13.2. The number of hydrogen-bond acceptors (Lipinski definition) is 3. The Labute approximate surface area is 129 Å². The van der Waals surface area contributed by atoms with Gasteiger partial charge in [0.05, 0.1) is 11.3 Å². The molecule has 0 aromatic heterocycles. The Morgan fingerprint density at radius 1 is 1.27 bits per heavy atom. The first-order valence-electron chi connectivity index (χ1n) is 7.23. The lowest BCUT2D eigenvalue weighted by Gasteiger charge is -2.33. The molecule has 0 radical (unpaired) electrons. The van der Waals surface area contributed by atoms with E-state index in [0.29, 0.717) is 5.56 Å². The van der Waals surface area contributed by atoms with Crippen LogP contribution in [0.3, 0.4) is 0 Å². The summed E-state index contributed by atoms with van der Waals surface area (Å²) in [5.74, 6) is -3.45. The van der Waals surface area contributed by atoms with Gasteiger partial charge in [0.2, 0.25) is 15.7 Å². The summed E-state index contributed by atoms with van der Waals surface area (Å²) in [5, 5.41) is 0. The van der Waals surface area contributed by atoms with Crippen LogP contribution in [-0.2, 0) is 21.1 Å². The highest BCUT2D eigenvalue weighted by molar-refractivity contribution is 7.91. The first-order chi connectivity index (χ1) is 10.3. The van der Waals surface area contributed by atoms with Gasteiger partial charge in [0, 0.05) is 12.6 Å². The Hall–Kier alpha value is -1.50. The SMILES string of the molecule is C[C@@H]1CCCCN1C(=O)Cc1ccc(S(=O)(=O)C(F)F)cc1. The molecule has 4 nitrogen and oxygen atoms in total. The summed E-state index contributed by atoms with van der Waals surface area (Å²) in [5.41, 5.74) is 0.621. The first kappa shape index (κ1) is 16.9. The molecule has 1 atom stereocenters. The summed E-state index contributed by atoms with van der Waals surface area (Å²) >= 11 is 0. The van der Waals surface area contributed by atoms with Crippen molar-refractivity contribution in [3.8, 4) is 0 Å². The van der Waals surface area contributed by atoms with Gasteiger partial charge in [0.25, 0.3) is 0 Å². The molecule has 22 heavy (non-hydrogen) atoms. The van der Waals surface area contributed by atoms with E-state index < -0.39 is 20.5 Å². The average Bonchev–Trinajstić information content (AvgIpc) is 2.48. The van der Waals surface area contributed by atoms with E-state index in [1.54, 1.807) is 0 Å². The Kier molecular flexibility index (Phi) is 5.16. The highest BCUT2D eigenvalue weighted by atomic mass is 32.2. The van der Waals surface area contributed by atoms with Crippen molar-refractivity contribution in [2.45, 2.75) is 49.3 Å². The van der Waals surface area contributed by atoms with Crippen LogP contribution in [0.25, 0.3) is 0 Å². The number of carbonyl (C=O) groups is 1. The zero-order chi connectivity index (χ0) is 16.3. The fourth-order valence-corrected chi connectivity index (χ4v) is 3.37. The summed E-state index contributed by atoms with van der Waals surface area (Å²) in [6, 6.07) is 5.30. The molecule has 0 spiro atoms. The van der Waals surface area contributed by atoms with Gasteiger partial charge in [-0.3, -0.25) is 4.79 Å². The van der Waals surface area contributed by atoms with Gasteiger partial charge in [-0.25, -0.2) is 8.42 Å². The summed E-state index contributed by atoms with van der Waals surface area (Å²) < 4.78 is 47.6. The summed E-state index contributed by atoms with van der Waals surface area (Å²) in [6.07, 6.45) is 3.24. The number of carbonyl (C=O) groups excluding carboxylic acids is 1. The van der Waals surface area contributed by atoms with Crippen LogP contribution in [0.2, 0.25) is 0 Å². The third kappa shape index (κ3) is 3.63. The summed E-state index contributed by atoms with van der Waals surface area (Å²) in [7, 11) is -4.58. The van der Waals surface area contributed by atoms with Crippen LogP contribution >= 0.6 is 0 Å². The lowest BCUT2D eigenvalue weighted by Crippen LogP contribution is -2.42. The van der Waals surface area contributed by atoms with E-state index in [0.717, 1.165) is 37.9 Å². The molecule has 1 aliphatic rings.